The smallest absolute Gasteiger partial charge is 0.267 e. The van der Waals surface area contributed by atoms with Gasteiger partial charge < -0.3 is 0 Å². The van der Waals surface area contributed by atoms with Crippen LogP contribution in [0.2, 0.25) is 0 Å². The summed E-state index contributed by atoms with van der Waals surface area (Å²) < 4.78 is 25.8. The number of hydrazone groups is 1. The highest BCUT2D eigenvalue weighted by Crippen LogP contribution is 2.20. The van der Waals surface area contributed by atoms with Crippen molar-refractivity contribution in [1.82, 2.24) is 5.43 Å². The van der Waals surface area contributed by atoms with Gasteiger partial charge in [-0.05, 0) is 49.2 Å². The zero-order valence-electron chi connectivity index (χ0n) is 17.7. The topological polar surface area (TPSA) is 78.8 Å². The van der Waals surface area contributed by atoms with Gasteiger partial charge in [-0.15, -0.1) is 0 Å². The second-order valence-corrected chi connectivity index (χ2v) is 9.21. The molecule has 0 unspecified atom stereocenters. The Bertz CT molecular complexity index is 1170. The van der Waals surface area contributed by atoms with Crippen molar-refractivity contribution in [1.29, 1.82) is 0 Å². The molecule has 3 rings (SSSR count). The third-order valence-corrected chi connectivity index (χ3v) is 5.92. The Labute approximate surface area is 183 Å². The van der Waals surface area contributed by atoms with Gasteiger partial charge in [0.15, 0.2) is 0 Å². The van der Waals surface area contributed by atoms with Crippen LogP contribution in [0.25, 0.3) is 0 Å². The molecule has 3 aromatic rings. The van der Waals surface area contributed by atoms with E-state index in [-0.39, 0.29) is 12.5 Å². The Balaban J connectivity index is 1.69. The Morgan fingerprint density at radius 2 is 1.48 bits per heavy atom. The molecule has 0 saturated carbocycles. The predicted molar refractivity (Wildman–Crippen MR) is 125 cm³/mol. The van der Waals surface area contributed by atoms with E-state index >= 15 is 0 Å². The van der Waals surface area contributed by atoms with E-state index in [0.717, 1.165) is 16.7 Å². The van der Waals surface area contributed by atoms with Crippen LogP contribution in [0.15, 0.2) is 84.0 Å². The fraction of sp³-hybridized carbons (Fsp3) is 0.167. The van der Waals surface area contributed by atoms with Gasteiger partial charge in [-0.2, -0.15) is 5.10 Å². The Morgan fingerprint density at radius 3 is 2.06 bits per heavy atom. The van der Waals surface area contributed by atoms with Gasteiger partial charge in [0.2, 0.25) is 10.0 Å². The molecule has 1 N–H and O–H groups in total. The van der Waals surface area contributed by atoms with E-state index in [1.165, 1.54) is 10.6 Å². The summed E-state index contributed by atoms with van der Waals surface area (Å²) in [5.41, 5.74) is 7.16. The van der Waals surface area contributed by atoms with E-state index in [1.807, 2.05) is 44.2 Å². The molecule has 0 aliphatic carbocycles. The van der Waals surface area contributed by atoms with Crippen molar-refractivity contribution in [3.8, 4) is 0 Å². The van der Waals surface area contributed by atoms with Crippen LogP contribution < -0.4 is 9.73 Å². The van der Waals surface area contributed by atoms with Crippen LogP contribution in [-0.2, 0) is 16.6 Å². The largest absolute Gasteiger partial charge is 0.271 e. The fourth-order valence-electron chi connectivity index (χ4n) is 2.98. The molecule has 0 aliphatic heterocycles. The lowest BCUT2D eigenvalue weighted by Crippen LogP contribution is -2.29. The minimum atomic E-state index is -3.45. The van der Waals surface area contributed by atoms with E-state index < -0.39 is 10.0 Å². The minimum Gasteiger partial charge on any atom is -0.267 e. The highest BCUT2D eigenvalue weighted by Gasteiger charge is 2.17. The van der Waals surface area contributed by atoms with Crippen molar-refractivity contribution in [3.05, 3.63) is 101 Å². The number of aryl methyl sites for hydroxylation is 1. The molecule has 0 aromatic heterocycles. The number of para-hydroxylation sites is 1. The van der Waals surface area contributed by atoms with Crippen LogP contribution in [0.4, 0.5) is 5.69 Å². The summed E-state index contributed by atoms with van der Waals surface area (Å²) in [4.78, 5) is 12.4. The van der Waals surface area contributed by atoms with E-state index in [4.69, 9.17) is 0 Å². The number of benzene rings is 3. The zero-order chi connectivity index (χ0) is 22.4. The van der Waals surface area contributed by atoms with Crippen LogP contribution in [0, 0.1) is 6.92 Å². The van der Waals surface area contributed by atoms with E-state index in [9.17, 15) is 13.2 Å². The molecule has 0 saturated heterocycles. The Kier molecular flexibility index (Phi) is 6.87. The molecule has 0 radical (unpaired) electrons. The number of nitrogens with zero attached hydrogens (tertiary/aromatic N) is 2. The molecule has 6 nitrogen and oxygen atoms in total. The van der Waals surface area contributed by atoms with Crippen molar-refractivity contribution < 1.29 is 13.2 Å². The van der Waals surface area contributed by atoms with Crippen molar-refractivity contribution in [2.24, 2.45) is 5.10 Å². The first-order valence-electron chi connectivity index (χ1n) is 9.77. The van der Waals surface area contributed by atoms with Crippen molar-refractivity contribution in [3.63, 3.8) is 0 Å². The molecule has 31 heavy (non-hydrogen) atoms. The summed E-state index contributed by atoms with van der Waals surface area (Å²) in [7, 11) is -3.45. The summed E-state index contributed by atoms with van der Waals surface area (Å²) in [6.07, 6.45) is 1.18. The van der Waals surface area contributed by atoms with Gasteiger partial charge in [0.05, 0.1) is 24.2 Å². The summed E-state index contributed by atoms with van der Waals surface area (Å²) in [6, 6.07) is 23.6. The van der Waals surface area contributed by atoms with Gasteiger partial charge in [0, 0.05) is 5.56 Å². The maximum absolute atomic E-state index is 12.4. The highest BCUT2D eigenvalue weighted by molar-refractivity contribution is 7.92. The lowest BCUT2D eigenvalue weighted by Gasteiger charge is -2.22. The number of nitrogens with one attached hydrogen (secondary N) is 1. The Hall–Kier alpha value is -3.45. The third kappa shape index (κ3) is 6.02. The molecule has 0 aliphatic rings. The average molecular weight is 436 g/mol. The van der Waals surface area contributed by atoms with E-state index in [1.54, 1.807) is 48.5 Å². The van der Waals surface area contributed by atoms with Crippen molar-refractivity contribution in [2.75, 3.05) is 10.6 Å². The highest BCUT2D eigenvalue weighted by atomic mass is 32.2. The van der Waals surface area contributed by atoms with E-state index in [0.29, 0.717) is 17.0 Å². The summed E-state index contributed by atoms with van der Waals surface area (Å²) >= 11 is 0. The summed E-state index contributed by atoms with van der Waals surface area (Å²) in [5.74, 6) is -0.332. The quantitative estimate of drug-likeness (QED) is 0.448. The molecule has 0 bridgehead atoms. The number of hydrogen-bond acceptors (Lipinski definition) is 4. The molecule has 160 valence electrons. The van der Waals surface area contributed by atoms with Gasteiger partial charge in [-0.3, -0.25) is 9.10 Å². The second-order valence-electron chi connectivity index (χ2n) is 7.31. The maximum atomic E-state index is 12.4. The van der Waals surface area contributed by atoms with Gasteiger partial charge >= 0.3 is 0 Å². The number of amides is 1. The van der Waals surface area contributed by atoms with Crippen LogP contribution in [0.5, 0.6) is 0 Å². The second kappa shape index (κ2) is 9.57. The van der Waals surface area contributed by atoms with Gasteiger partial charge in [-0.1, -0.05) is 60.2 Å². The first-order valence-corrected chi connectivity index (χ1v) is 11.6. The third-order valence-electron chi connectivity index (χ3n) is 4.78. The van der Waals surface area contributed by atoms with Crippen LogP contribution >= 0.6 is 0 Å². The number of anilines is 1. The van der Waals surface area contributed by atoms with Crippen LogP contribution in [0.3, 0.4) is 0 Å². The minimum absolute atomic E-state index is 0.176. The predicted octanol–water partition coefficient (Wildman–Crippen LogP) is 4.12. The maximum Gasteiger partial charge on any atom is 0.271 e. The normalized spacial score (nSPS) is 11.8. The lowest BCUT2D eigenvalue weighted by atomic mass is 10.1. The van der Waals surface area contributed by atoms with Crippen LogP contribution in [0.1, 0.15) is 34.0 Å². The average Bonchev–Trinajstić information content (AvgIpc) is 2.76. The molecular weight excluding hydrogens is 410 g/mol. The summed E-state index contributed by atoms with van der Waals surface area (Å²) in [6.45, 7) is 4.02. The van der Waals surface area contributed by atoms with Gasteiger partial charge in [-0.25, -0.2) is 13.8 Å². The van der Waals surface area contributed by atoms with Crippen molar-refractivity contribution >= 4 is 27.3 Å². The van der Waals surface area contributed by atoms with E-state index in [2.05, 4.69) is 10.5 Å². The van der Waals surface area contributed by atoms with Crippen LogP contribution in [-0.4, -0.2) is 26.3 Å². The van der Waals surface area contributed by atoms with Crippen molar-refractivity contribution in [2.45, 2.75) is 20.4 Å². The first kappa shape index (κ1) is 22.2. The molecule has 0 atom stereocenters. The van der Waals surface area contributed by atoms with Gasteiger partial charge in [0.25, 0.3) is 5.91 Å². The first-order chi connectivity index (χ1) is 14.7. The number of carbonyl (C=O) groups is 1. The molecule has 0 spiro atoms. The Morgan fingerprint density at radius 1 is 0.903 bits per heavy atom. The monoisotopic (exact) mass is 435 g/mol. The molecule has 0 fully saturated rings. The standard InChI is InChI=1S/C24H25N3O3S/c1-18-9-13-21(14-10-18)19(2)25-26-24(28)22-15-11-20(12-16-22)17-27(31(3,29)30)23-7-5-4-6-8-23/h4-16H,17H2,1-3H3,(H,26,28)/b25-19+. The lowest BCUT2D eigenvalue weighted by molar-refractivity contribution is 0.0955. The number of carbonyl (C=O) groups excluding carboxylic acids is 1. The number of sulfonamides is 1. The summed E-state index contributed by atoms with van der Waals surface area (Å²) in [5, 5.41) is 4.17. The zero-order valence-corrected chi connectivity index (χ0v) is 18.6. The molecule has 0 heterocycles. The number of rotatable bonds is 7. The number of hydrogen-bond donors (Lipinski definition) is 1. The molecule has 3 aromatic carbocycles. The SMILES string of the molecule is C/C(=N\NC(=O)c1ccc(CN(c2ccccc2)S(C)(=O)=O)cc1)c1ccc(C)cc1. The molecular formula is C24H25N3O3S. The van der Waals surface area contributed by atoms with Gasteiger partial charge in [0.1, 0.15) is 0 Å². The molecule has 1 amide bonds. The fourth-order valence-corrected chi connectivity index (χ4v) is 3.87. The molecule has 7 heteroatoms.